The summed E-state index contributed by atoms with van der Waals surface area (Å²) in [4.78, 5) is 14.0. The molecule has 4 saturated carbocycles. The molecule has 19 heavy (non-hydrogen) atoms. The highest BCUT2D eigenvalue weighted by Crippen LogP contribution is 2.61. The van der Waals surface area contributed by atoms with Crippen molar-refractivity contribution in [1.29, 1.82) is 0 Å². The molecule has 1 amide bonds. The second kappa shape index (κ2) is 4.21. The molecular formula is C16H26N2O. The van der Waals surface area contributed by atoms with Gasteiger partial charge in [0.1, 0.15) is 0 Å². The van der Waals surface area contributed by atoms with E-state index in [-0.39, 0.29) is 6.04 Å². The van der Waals surface area contributed by atoms with E-state index in [9.17, 15) is 4.79 Å². The van der Waals surface area contributed by atoms with E-state index in [4.69, 9.17) is 0 Å². The van der Waals surface area contributed by atoms with Crippen LogP contribution in [0.3, 0.4) is 0 Å². The summed E-state index contributed by atoms with van der Waals surface area (Å²) in [7, 11) is 0. The highest BCUT2D eigenvalue weighted by atomic mass is 16.2. The fourth-order valence-corrected chi connectivity index (χ4v) is 5.84. The maximum atomic E-state index is 12.0. The molecule has 0 radical (unpaired) electrons. The summed E-state index contributed by atoms with van der Waals surface area (Å²) in [5.74, 6) is 3.39. The first-order valence-corrected chi connectivity index (χ1v) is 8.16. The zero-order valence-electron chi connectivity index (χ0n) is 12.0. The van der Waals surface area contributed by atoms with E-state index in [1.54, 1.807) is 0 Å². The number of rotatable bonds is 3. The minimum Gasteiger partial charge on any atom is -0.329 e. The lowest BCUT2D eigenvalue weighted by atomic mass is 9.49. The van der Waals surface area contributed by atoms with E-state index in [2.05, 4.69) is 5.32 Å². The molecule has 3 heteroatoms. The Morgan fingerprint density at radius 2 is 1.74 bits per heavy atom. The van der Waals surface area contributed by atoms with Gasteiger partial charge in [0.05, 0.1) is 12.7 Å². The maximum Gasteiger partial charge on any atom is 0.240 e. The van der Waals surface area contributed by atoms with E-state index in [0.717, 1.165) is 31.0 Å². The van der Waals surface area contributed by atoms with Crippen LogP contribution < -0.4 is 5.32 Å². The summed E-state index contributed by atoms with van der Waals surface area (Å²) in [6, 6.07) is 0.0383. The Hall–Kier alpha value is -0.570. The van der Waals surface area contributed by atoms with Crippen LogP contribution in [0.1, 0.15) is 51.9 Å². The highest BCUT2D eigenvalue weighted by Gasteiger charge is 2.50. The van der Waals surface area contributed by atoms with Crippen molar-refractivity contribution in [2.75, 3.05) is 13.2 Å². The van der Waals surface area contributed by atoms with Crippen molar-refractivity contribution >= 4 is 5.91 Å². The molecule has 1 atom stereocenters. The summed E-state index contributed by atoms with van der Waals surface area (Å²) in [6.45, 7) is 3.74. The van der Waals surface area contributed by atoms with Crippen LogP contribution in [0.2, 0.25) is 0 Å². The van der Waals surface area contributed by atoms with E-state index in [0.29, 0.717) is 11.3 Å². The number of nitrogens with zero attached hydrogens (tertiary/aromatic N) is 1. The zero-order valence-corrected chi connectivity index (χ0v) is 12.0. The largest absolute Gasteiger partial charge is 0.329 e. The van der Waals surface area contributed by atoms with Gasteiger partial charge in [-0.15, -0.1) is 0 Å². The molecule has 0 spiro atoms. The van der Waals surface area contributed by atoms with Gasteiger partial charge in [0, 0.05) is 6.54 Å². The third-order valence-electron chi connectivity index (χ3n) is 6.35. The van der Waals surface area contributed by atoms with Gasteiger partial charge in [0.2, 0.25) is 5.91 Å². The van der Waals surface area contributed by atoms with E-state index >= 15 is 0 Å². The predicted molar refractivity (Wildman–Crippen MR) is 74.4 cm³/mol. The maximum absolute atomic E-state index is 12.0. The number of hydrogen-bond acceptors (Lipinski definition) is 2. The zero-order chi connectivity index (χ0) is 13.0. The Labute approximate surface area is 116 Å². The van der Waals surface area contributed by atoms with Crippen LogP contribution in [0.15, 0.2) is 0 Å². The Morgan fingerprint density at radius 1 is 1.16 bits per heavy atom. The highest BCUT2D eigenvalue weighted by molar-refractivity contribution is 5.83. The fourth-order valence-electron chi connectivity index (χ4n) is 5.84. The van der Waals surface area contributed by atoms with Crippen LogP contribution in [-0.2, 0) is 4.79 Å². The van der Waals surface area contributed by atoms with Crippen LogP contribution in [0, 0.1) is 23.2 Å². The normalized spacial score (nSPS) is 48.3. The van der Waals surface area contributed by atoms with Gasteiger partial charge in [0.25, 0.3) is 0 Å². The molecule has 1 aliphatic heterocycles. The van der Waals surface area contributed by atoms with Crippen LogP contribution in [0.5, 0.6) is 0 Å². The summed E-state index contributed by atoms with van der Waals surface area (Å²) >= 11 is 0. The molecule has 5 aliphatic rings. The average Bonchev–Trinajstić information content (AvgIpc) is 2.66. The molecule has 5 fully saturated rings. The predicted octanol–water partition coefficient (Wildman–Crippen LogP) is 2.37. The summed E-state index contributed by atoms with van der Waals surface area (Å²) in [6.07, 6.45) is 10.2. The fraction of sp³-hybridized carbons (Fsp3) is 0.938. The molecule has 0 aromatic carbocycles. The Bertz CT molecular complexity index is 357. The molecular weight excluding hydrogens is 236 g/mol. The molecule has 1 heterocycles. The first-order valence-electron chi connectivity index (χ1n) is 8.16. The lowest BCUT2D eigenvalue weighted by Crippen LogP contribution is -2.47. The molecule has 5 rings (SSSR count). The third-order valence-corrected chi connectivity index (χ3v) is 6.35. The third kappa shape index (κ3) is 2.01. The first-order chi connectivity index (χ1) is 9.13. The monoisotopic (exact) mass is 262 g/mol. The number of amides is 1. The molecule has 3 nitrogen and oxygen atoms in total. The molecule has 1 unspecified atom stereocenters. The first kappa shape index (κ1) is 12.2. The van der Waals surface area contributed by atoms with Crippen molar-refractivity contribution in [3.05, 3.63) is 0 Å². The van der Waals surface area contributed by atoms with Gasteiger partial charge in [-0.05, 0) is 75.0 Å². The minimum absolute atomic E-state index is 0.0383. The van der Waals surface area contributed by atoms with Gasteiger partial charge < -0.3 is 4.90 Å². The Morgan fingerprint density at radius 3 is 2.21 bits per heavy atom. The summed E-state index contributed by atoms with van der Waals surface area (Å²) in [5, 5.41) is 3.25. The van der Waals surface area contributed by atoms with Gasteiger partial charge >= 0.3 is 0 Å². The topological polar surface area (TPSA) is 32.3 Å². The SMILES string of the molecule is CC1NCN(CCC23CC4CC(CC(C4)C2)C3)C1=O. The lowest BCUT2D eigenvalue weighted by molar-refractivity contribution is -0.129. The van der Waals surface area contributed by atoms with Crippen molar-refractivity contribution in [2.24, 2.45) is 23.2 Å². The lowest BCUT2D eigenvalue weighted by Gasteiger charge is -2.57. The Balaban J connectivity index is 1.41. The van der Waals surface area contributed by atoms with Gasteiger partial charge in [-0.25, -0.2) is 0 Å². The molecule has 4 bridgehead atoms. The van der Waals surface area contributed by atoms with Gasteiger partial charge in [-0.3, -0.25) is 10.1 Å². The smallest absolute Gasteiger partial charge is 0.240 e. The minimum atomic E-state index is 0.0383. The Kier molecular flexibility index (Phi) is 2.70. The number of carbonyl (C=O) groups is 1. The van der Waals surface area contributed by atoms with E-state index < -0.39 is 0 Å². The molecule has 106 valence electrons. The number of nitrogens with one attached hydrogen (secondary N) is 1. The van der Waals surface area contributed by atoms with Crippen molar-refractivity contribution in [1.82, 2.24) is 10.2 Å². The van der Waals surface area contributed by atoms with Crippen LogP contribution in [0.25, 0.3) is 0 Å². The second-order valence-electron chi connectivity index (χ2n) is 7.85. The van der Waals surface area contributed by atoms with Gasteiger partial charge in [-0.2, -0.15) is 0 Å². The van der Waals surface area contributed by atoms with Crippen molar-refractivity contribution < 1.29 is 4.79 Å². The van der Waals surface area contributed by atoms with Crippen LogP contribution >= 0.6 is 0 Å². The van der Waals surface area contributed by atoms with Crippen molar-refractivity contribution in [3.63, 3.8) is 0 Å². The van der Waals surface area contributed by atoms with Crippen LogP contribution in [0.4, 0.5) is 0 Å². The molecule has 1 N–H and O–H groups in total. The molecule has 4 aliphatic carbocycles. The quantitative estimate of drug-likeness (QED) is 0.847. The number of carbonyl (C=O) groups excluding carboxylic acids is 1. The van der Waals surface area contributed by atoms with E-state index in [1.165, 1.54) is 44.9 Å². The standard InChI is InChI=1S/C16H26N2O/c1-11-15(19)18(10-17-11)3-2-16-7-12-4-13(8-16)6-14(5-12)9-16/h11-14,17H,2-10H2,1H3. The number of hydrogen-bond donors (Lipinski definition) is 1. The molecule has 1 saturated heterocycles. The summed E-state index contributed by atoms with van der Waals surface area (Å²) in [5.41, 5.74) is 0.612. The second-order valence-corrected chi connectivity index (χ2v) is 7.85. The summed E-state index contributed by atoms with van der Waals surface area (Å²) < 4.78 is 0. The molecule has 0 aromatic heterocycles. The molecule has 0 aromatic rings. The average molecular weight is 262 g/mol. The van der Waals surface area contributed by atoms with Gasteiger partial charge in [-0.1, -0.05) is 0 Å². The van der Waals surface area contributed by atoms with Crippen molar-refractivity contribution in [2.45, 2.75) is 57.9 Å². The van der Waals surface area contributed by atoms with Gasteiger partial charge in [0.15, 0.2) is 0 Å². The van der Waals surface area contributed by atoms with Crippen molar-refractivity contribution in [3.8, 4) is 0 Å². The van der Waals surface area contributed by atoms with E-state index in [1.807, 2.05) is 11.8 Å². The van der Waals surface area contributed by atoms with Crippen LogP contribution in [-0.4, -0.2) is 30.1 Å².